The number of Topliss-reactive ketones (excluding diaryl/α,β-unsaturated/α-hetero) is 1. The molecule has 0 aliphatic rings. The Hall–Kier alpha value is -4.13. The molecule has 0 atom stereocenters. The fourth-order valence-corrected chi connectivity index (χ4v) is 4.20. The van der Waals surface area contributed by atoms with Gasteiger partial charge in [0.15, 0.2) is 6.61 Å². The van der Waals surface area contributed by atoms with E-state index in [1.54, 1.807) is 0 Å². The number of ketones is 1. The van der Waals surface area contributed by atoms with Gasteiger partial charge in [-0.15, -0.1) is 0 Å². The fraction of sp³-hybridized carbons (Fsp3) is 0.192. The van der Waals surface area contributed by atoms with Gasteiger partial charge >= 0.3 is 5.97 Å². The zero-order valence-electron chi connectivity index (χ0n) is 18.5. The molecule has 0 saturated heterocycles. The van der Waals surface area contributed by atoms with E-state index in [-0.39, 0.29) is 12.2 Å². The number of methoxy groups -OCH3 is 1. The van der Waals surface area contributed by atoms with Crippen molar-refractivity contribution in [1.29, 1.82) is 0 Å². The zero-order chi connectivity index (χ0) is 23.5. The van der Waals surface area contributed by atoms with Crippen LogP contribution in [0, 0.1) is 0 Å². The molecule has 3 aromatic carbocycles. The molecule has 0 radical (unpaired) electrons. The molecule has 0 spiro atoms. The second-order valence-electron chi connectivity index (χ2n) is 7.63. The summed E-state index contributed by atoms with van der Waals surface area (Å²) in [6.07, 6.45) is 0.489. The molecule has 1 amide bonds. The second kappa shape index (κ2) is 9.16. The van der Waals surface area contributed by atoms with Crippen molar-refractivity contribution in [3.05, 3.63) is 77.5 Å². The lowest BCUT2D eigenvalue weighted by molar-refractivity contribution is -0.142. The van der Waals surface area contributed by atoms with E-state index in [0.717, 1.165) is 16.5 Å². The van der Waals surface area contributed by atoms with Gasteiger partial charge in [0.25, 0.3) is 11.7 Å². The molecule has 168 valence electrons. The lowest BCUT2D eigenvalue weighted by Gasteiger charge is -2.13. The van der Waals surface area contributed by atoms with Crippen LogP contribution in [0.1, 0.15) is 28.5 Å². The number of hydrogen-bond acceptors (Lipinski definition) is 5. The number of amides is 1. The van der Waals surface area contributed by atoms with Crippen LogP contribution < -0.4 is 10.5 Å². The third-order valence-electron chi connectivity index (χ3n) is 5.67. The highest BCUT2D eigenvalue weighted by Crippen LogP contribution is 2.40. The summed E-state index contributed by atoms with van der Waals surface area (Å²) in [5.41, 5.74) is 8.08. The highest BCUT2D eigenvalue weighted by molar-refractivity contribution is 6.45. The summed E-state index contributed by atoms with van der Waals surface area (Å²) in [7, 11) is 1.28. The predicted molar refractivity (Wildman–Crippen MR) is 125 cm³/mol. The molecule has 4 aromatic rings. The molecule has 0 aliphatic heterocycles. The number of esters is 1. The normalized spacial score (nSPS) is 11.0. The summed E-state index contributed by atoms with van der Waals surface area (Å²) >= 11 is 0. The van der Waals surface area contributed by atoms with Crippen LogP contribution in [0.25, 0.3) is 21.7 Å². The van der Waals surface area contributed by atoms with E-state index in [4.69, 9.17) is 15.2 Å². The molecule has 0 saturated carbocycles. The van der Waals surface area contributed by atoms with E-state index in [1.807, 2.05) is 72.2 Å². The highest BCUT2D eigenvalue weighted by atomic mass is 16.6. The monoisotopic (exact) mass is 444 g/mol. The quantitative estimate of drug-likeness (QED) is 0.254. The Morgan fingerprint density at radius 3 is 2.36 bits per heavy atom. The van der Waals surface area contributed by atoms with Crippen LogP contribution in [0.4, 0.5) is 0 Å². The average Bonchev–Trinajstić information content (AvgIpc) is 3.14. The van der Waals surface area contributed by atoms with Crippen molar-refractivity contribution in [3.8, 4) is 5.75 Å². The largest absolute Gasteiger partial charge is 0.481 e. The minimum Gasteiger partial charge on any atom is -0.481 e. The Balaban J connectivity index is 2.09. The lowest BCUT2D eigenvalue weighted by atomic mass is 10.00. The molecule has 1 heterocycles. The number of nitrogens with zero attached hydrogens (tertiary/aromatic N) is 1. The van der Waals surface area contributed by atoms with Gasteiger partial charge in [-0.3, -0.25) is 9.59 Å². The minimum absolute atomic E-state index is 0.210. The van der Waals surface area contributed by atoms with Gasteiger partial charge in [0, 0.05) is 17.6 Å². The molecule has 1 aromatic heterocycles. The molecule has 0 aliphatic carbocycles. The van der Waals surface area contributed by atoms with Gasteiger partial charge in [-0.2, -0.15) is 0 Å². The molecule has 7 heteroatoms. The molecule has 0 fully saturated rings. The number of nitrogens with two attached hydrogens (primary N) is 1. The van der Waals surface area contributed by atoms with Crippen LogP contribution in [0.2, 0.25) is 0 Å². The number of carbonyl (C=O) groups is 3. The van der Waals surface area contributed by atoms with Crippen molar-refractivity contribution in [1.82, 2.24) is 4.57 Å². The fourth-order valence-electron chi connectivity index (χ4n) is 4.20. The third kappa shape index (κ3) is 4.05. The summed E-state index contributed by atoms with van der Waals surface area (Å²) < 4.78 is 12.7. The van der Waals surface area contributed by atoms with Crippen molar-refractivity contribution in [2.24, 2.45) is 5.73 Å². The van der Waals surface area contributed by atoms with Gasteiger partial charge in [0.2, 0.25) is 0 Å². The average molecular weight is 444 g/mol. The molecule has 33 heavy (non-hydrogen) atoms. The Morgan fingerprint density at radius 2 is 1.70 bits per heavy atom. The van der Waals surface area contributed by atoms with Crippen LogP contribution in [0.3, 0.4) is 0 Å². The van der Waals surface area contributed by atoms with E-state index in [2.05, 4.69) is 0 Å². The number of fused-ring (bicyclic) bond motifs is 2. The SMILES string of the molecule is CCc1c(C(=O)C(N)=O)c2c(OCC(=O)OC)c3ccccc3cc2n1Cc1ccccc1. The van der Waals surface area contributed by atoms with Gasteiger partial charge in [-0.25, -0.2) is 4.79 Å². The first-order chi connectivity index (χ1) is 16.0. The van der Waals surface area contributed by atoms with Crippen molar-refractivity contribution < 1.29 is 23.9 Å². The van der Waals surface area contributed by atoms with E-state index >= 15 is 0 Å². The number of ether oxygens (including phenoxy) is 2. The van der Waals surface area contributed by atoms with Crippen molar-refractivity contribution in [2.45, 2.75) is 19.9 Å². The standard InChI is InChI=1S/C26H24N2O5/c1-3-19-22(24(30)26(27)31)23-20(28(19)14-16-9-5-4-6-10-16)13-17-11-7-8-12-18(17)25(23)33-15-21(29)32-2/h4-13H,3,14-15H2,1-2H3,(H2,27,31). The van der Waals surface area contributed by atoms with E-state index in [9.17, 15) is 14.4 Å². The third-order valence-corrected chi connectivity index (χ3v) is 5.67. The Bertz CT molecular complexity index is 1370. The summed E-state index contributed by atoms with van der Waals surface area (Å²) in [5.74, 6) is -2.05. The van der Waals surface area contributed by atoms with E-state index < -0.39 is 17.7 Å². The van der Waals surface area contributed by atoms with Crippen LogP contribution in [0.5, 0.6) is 5.75 Å². The Kier molecular flexibility index (Phi) is 6.13. The number of benzene rings is 3. The molecular weight excluding hydrogens is 420 g/mol. The predicted octanol–water partition coefficient (Wildman–Crippen LogP) is 3.63. The van der Waals surface area contributed by atoms with Crippen LogP contribution in [-0.2, 0) is 27.3 Å². The summed E-state index contributed by atoms with van der Waals surface area (Å²) in [6, 6.07) is 19.3. The van der Waals surface area contributed by atoms with E-state index in [1.165, 1.54) is 7.11 Å². The molecule has 0 bridgehead atoms. The Morgan fingerprint density at radius 1 is 1.00 bits per heavy atom. The van der Waals surface area contributed by atoms with Gasteiger partial charge in [0.05, 0.1) is 23.6 Å². The van der Waals surface area contributed by atoms with Crippen molar-refractivity contribution in [2.75, 3.05) is 13.7 Å². The van der Waals surface area contributed by atoms with Crippen LogP contribution in [-0.4, -0.2) is 35.9 Å². The van der Waals surface area contributed by atoms with Crippen molar-refractivity contribution in [3.63, 3.8) is 0 Å². The molecule has 2 N–H and O–H groups in total. The van der Waals surface area contributed by atoms with Crippen LogP contribution >= 0.6 is 0 Å². The Labute approximate surface area is 190 Å². The van der Waals surface area contributed by atoms with Crippen LogP contribution in [0.15, 0.2) is 60.7 Å². The number of rotatable bonds is 8. The molecular formula is C26H24N2O5. The number of hydrogen-bond donors (Lipinski definition) is 1. The second-order valence-corrected chi connectivity index (χ2v) is 7.63. The van der Waals surface area contributed by atoms with Crippen molar-refractivity contribution >= 4 is 39.3 Å². The van der Waals surface area contributed by atoms with Gasteiger partial charge < -0.3 is 19.8 Å². The first-order valence-electron chi connectivity index (χ1n) is 10.6. The molecule has 0 unspecified atom stereocenters. The highest BCUT2D eigenvalue weighted by Gasteiger charge is 2.28. The van der Waals surface area contributed by atoms with E-state index in [0.29, 0.717) is 35.2 Å². The van der Waals surface area contributed by atoms with Gasteiger partial charge in [0.1, 0.15) is 5.75 Å². The smallest absolute Gasteiger partial charge is 0.343 e. The maximum absolute atomic E-state index is 13.1. The number of carbonyl (C=O) groups excluding carboxylic acids is 3. The molecule has 4 rings (SSSR count). The minimum atomic E-state index is -1.05. The maximum Gasteiger partial charge on any atom is 0.343 e. The van der Waals surface area contributed by atoms with Gasteiger partial charge in [-0.1, -0.05) is 61.5 Å². The topological polar surface area (TPSA) is 101 Å². The molecule has 7 nitrogen and oxygen atoms in total. The summed E-state index contributed by atoms with van der Waals surface area (Å²) in [5, 5.41) is 2.05. The van der Waals surface area contributed by atoms with Gasteiger partial charge in [-0.05, 0) is 23.4 Å². The summed E-state index contributed by atoms with van der Waals surface area (Å²) in [6.45, 7) is 2.07. The first-order valence-corrected chi connectivity index (χ1v) is 10.6. The lowest BCUT2D eigenvalue weighted by Crippen LogP contribution is -2.24. The summed E-state index contributed by atoms with van der Waals surface area (Å²) in [4.78, 5) is 36.9. The number of aromatic nitrogens is 1. The number of primary amides is 1. The zero-order valence-corrected chi connectivity index (χ0v) is 18.5. The maximum atomic E-state index is 13.1. The first kappa shape index (κ1) is 22.1.